The van der Waals surface area contributed by atoms with Crippen LogP contribution in [0, 0.1) is 11.8 Å². The average molecular weight is 906 g/mol. The summed E-state index contributed by atoms with van der Waals surface area (Å²) in [4.78, 5) is 38.1. The van der Waals surface area contributed by atoms with Crippen LogP contribution in [0.3, 0.4) is 0 Å². The van der Waals surface area contributed by atoms with Gasteiger partial charge in [0.25, 0.3) is 0 Å². The molecule has 0 aromatic rings. The Morgan fingerprint density at radius 3 is 0.891 bits per heavy atom. The Morgan fingerprint density at radius 1 is 0.328 bits per heavy atom. The van der Waals surface area contributed by atoms with Crippen molar-refractivity contribution in [3.8, 4) is 0 Å². The van der Waals surface area contributed by atoms with Crippen molar-refractivity contribution in [1.82, 2.24) is 0 Å². The first-order valence-electron chi connectivity index (χ1n) is 28.8. The highest BCUT2D eigenvalue weighted by atomic mass is 16.6. The van der Waals surface area contributed by atoms with Crippen LogP contribution < -0.4 is 0 Å². The van der Waals surface area contributed by atoms with Crippen molar-refractivity contribution in [3.63, 3.8) is 0 Å². The van der Waals surface area contributed by atoms with Crippen molar-refractivity contribution in [3.05, 3.63) is 0 Å². The first-order valence-corrected chi connectivity index (χ1v) is 28.8. The van der Waals surface area contributed by atoms with Crippen molar-refractivity contribution < 1.29 is 28.6 Å². The van der Waals surface area contributed by atoms with Gasteiger partial charge in [-0.25, -0.2) is 0 Å². The summed E-state index contributed by atoms with van der Waals surface area (Å²) in [5.74, 6) is 0.833. The lowest BCUT2D eigenvalue weighted by Gasteiger charge is -2.18. The molecule has 380 valence electrons. The molecular weight excluding hydrogens is 793 g/mol. The number of carbonyl (C=O) groups excluding carboxylic acids is 3. The van der Waals surface area contributed by atoms with Gasteiger partial charge in [-0.15, -0.1) is 0 Å². The van der Waals surface area contributed by atoms with Gasteiger partial charge in [0, 0.05) is 19.3 Å². The Balaban J connectivity index is 4.24. The van der Waals surface area contributed by atoms with Gasteiger partial charge in [-0.05, 0) is 31.1 Å². The van der Waals surface area contributed by atoms with Crippen LogP contribution in [0.5, 0.6) is 0 Å². The summed E-state index contributed by atoms with van der Waals surface area (Å²) in [5, 5.41) is 0. The standard InChI is InChI=1S/C58H112O6/c1-6-8-9-10-11-12-13-14-15-16-17-18-23-26-29-34-40-45-50-58(61)64-55(52-63-57(60)49-44-39-35-30-31-36-41-46-53(3)4)51-62-56(59)48-43-38-33-28-25-22-20-19-21-24-27-32-37-42-47-54(5)7-2/h53-55H,6-52H2,1-5H3/t54?,55-/m1/s1. The molecule has 0 radical (unpaired) electrons. The van der Waals surface area contributed by atoms with Gasteiger partial charge in [0.05, 0.1) is 0 Å². The molecule has 0 bridgehead atoms. The molecule has 64 heavy (non-hydrogen) atoms. The Hall–Kier alpha value is -1.59. The minimum atomic E-state index is -0.763. The number of ether oxygens (including phenoxy) is 3. The number of unbranched alkanes of at least 4 members (excludes halogenated alkanes) is 36. The molecule has 2 atom stereocenters. The second-order valence-electron chi connectivity index (χ2n) is 20.6. The Kier molecular flexibility index (Phi) is 49.6. The third-order valence-corrected chi connectivity index (χ3v) is 13.6. The van der Waals surface area contributed by atoms with Crippen LogP contribution in [0.1, 0.15) is 324 Å². The molecule has 1 unspecified atom stereocenters. The predicted molar refractivity (Wildman–Crippen MR) is 275 cm³/mol. The van der Waals surface area contributed by atoms with E-state index >= 15 is 0 Å². The van der Waals surface area contributed by atoms with Crippen LogP contribution in [0.2, 0.25) is 0 Å². The second-order valence-corrected chi connectivity index (χ2v) is 20.6. The van der Waals surface area contributed by atoms with E-state index in [-0.39, 0.29) is 31.1 Å². The number of rotatable bonds is 52. The van der Waals surface area contributed by atoms with E-state index in [4.69, 9.17) is 14.2 Å². The van der Waals surface area contributed by atoms with E-state index in [1.165, 1.54) is 212 Å². The zero-order chi connectivity index (χ0) is 46.8. The van der Waals surface area contributed by atoms with E-state index in [1.54, 1.807) is 0 Å². The highest BCUT2D eigenvalue weighted by Gasteiger charge is 2.19. The SMILES string of the molecule is CCCCCCCCCCCCCCCCCCCCC(=O)O[C@H](COC(=O)CCCCCCCCCCCCCCCCC(C)CC)COC(=O)CCCCCCCCCC(C)C. The number of hydrogen-bond acceptors (Lipinski definition) is 6. The molecule has 0 aliphatic heterocycles. The fourth-order valence-corrected chi connectivity index (χ4v) is 8.84. The fraction of sp³-hybridized carbons (Fsp3) is 0.948. The lowest BCUT2D eigenvalue weighted by molar-refractivity contribution is -0.167. The monoisotopic (exact) mass is 905 g/mol. The molecule has 0 saturated heterocycles. The van der Waals surface area contributed by atoms with Gasteiger partial charge in [-0.3, -0.25) is 14.4 Å². The van der Waals surface area contributed by atoms with E-state index in [0.29, 0.717) is 19.3 Å². The first-order chi connectivity index (χ1) is 31.3. The summed E-state index contributed by atoms with van der Waals surface area (Å²) >= 11 is 0. The lowest BCUT2D eigenvalue weighted by atomic mass is 9.99. The lowest BCUT2D eigenvalue weighted by Crippen LogP contribution is -2.30. The molecule has 0 rings (SSSR count). The zero-order valence-corrected chi connectivity index (χ0v) is 43.9. The van der Waals surface area contributed by atoms with Crippen molar-refractivity contribution in [2.45, 2.75) is 330 Å². The number of esters is 3. The summed E-state index contributed by atoms with van der Waals surface area (Å²) in [7, 11) is 0. The molecule has 0 aliphatic carbocycles. The van der Waals surface area contributed by atoms with E-state index in [0.717, 1.165) is 69.6 Å². The van der Waals surface area contributed by atoms with E-state index < -0.39 is 6.10 Å². The van der Waals surface area contributed by atoms with Crippen molar-refractivity contribution in [2.75, 3.05) is 13.2 Å². The quantitative estimate of drug-likeness (QED) is 0.0344. The van der Waals surface area contributed by atoms with E-state index in [1.807, 2.05) is 0 Å². The summed E-state index contributed by atoms with van der Waals surface area (Å²) in [6.45, 7) is 11.4. The minimum absolute atomic E-state index is 0.0635. The van der Waals surface area contributed by atoms with Gasteiger partial charge >= 0.3 is 17.9 Å². The molecule has 0 aromatic carbocycles. The molecular formula is C58H112O6. The molecule has 0 aliphatic rings. The molecule has 0 heterocycles. The summed E-state index contributed by atoms with van der Waals surface area (Å²) in [6, 6.07) is 0. The molecule has 0 N–H and O–H groups in total. The van der Waals surface area contributed by atoms with Gasteiger partial charge in [0.2, 0.25) is 0 Å². The first kappa shape index (κ1) is 62.4. The van der Waals surface area contributed by atoms with Crippen LogP contribution in [-0.4, -0.2) is 37.2 Å². The van der Waals surface area contributed by atoms with Gasteiger partial charge in [0.15, 0.2) is 6.10 Å². The largest absolute Gasteiger partial charge is 0.462 e. The highest BCUT2D eigenvalue weighted by molar-refractivity contribution is 5.71. The van der Waals surface area contributed by atoms with Gasteiger partial charge < -0.3 is 14.2 Å². The van der Waals surface area contributed by atoms with Crippen molar-refractivity contribution >= 4 is 17.9 Å². The van der Waals surface area contributed by atoms with Crippen LogP contribution in [0.4, 0.5) is 0 Å². The normalized spacial score (nSPS) is 12.5. The van der Waals surface area contributed by atoms with E-state index in [9.17, 15) is 14.4 Å². The Morgan fingerprint density at radius 2 is 0.594 bits per heavy atom. The summed E-state index contributed by atoms with van der Waals surface area (Å²) < 4.78 is 16.9. The molecule has 0 aromatic heterocycles. The highest BCUT2D eigenvalue weighted by Crippen LogP contribution is 2.18. The second kappa shape index (κ2) is 50.8. The van der Waals surface area contributed by atoms with E-state index in [2.05, 4.69) is 34.6 Å². The van der Waals surface area contributed by atoms with Crippen molar-refractivity contribution in [2.24, 2.45) is 11.8 Å². The van der Waals surface area contributed by atoms with Gasteiger partial charge in [-0.1, -0.05) is 285 Å². The maximum Gasteiger partial charge on any atom is 0.306 e. The maximum absolute atomic E-state index is 12.8. The van der Waals surface area contributed by atoms with Gasteiger partial charge in [-0.2, -0.15) is 0 Å². The Labute approximate surface area is 399 Å². The molecule has 0 saturated carbocycles. The molecule has 0 spiro atoms. The summed E-state index contributed by atoms with van der Waals surface area (Å²) in [6.07, 6.45) is 53.8. The smallest absolute Gasteiger partial charge is 0.306 e. The zero-order valence-electron chi connectivity index (χ0n) is 43.9. The Bertz CT molecular complexity index is 980. The minimum Gasteiger partial charge on any atom is -0.462 e. The maximum atomic E-state index is 12.8. The number of hydrogen-bond donors (Lipinski definition) is 0. The topological polar surface area (TPSA) is 78.9 Å². The number of carbonyl (C=O) groups is 3. The molecule has 0 fully saturated rings. The van der Waals surface area contributed by atoms with Crippen LogP contribution in [0.25, 0.3) is 0 Å². The predicted octanol–water partition coefficient (Wildman–Crippen LogP) is 18.9. The fourth-order valence-electron chi connectivity index (χ4n) is 8.84. The van der Waals surface area contributed by atoms with Crippen LogP contribution in [0.15, 0.2) is 0 Å². The van der Waals surface area contributed by atoms with Crippen LogP contribution >= 0.6 is 0 Å². The molecule has 6 heteroatoms. The summed E-state index contributed by atoms with van der Waals surface area (Å²) in [5.41, 5.74) is 0. The molecule has 0 amide bonds. The third kappa shape index (κ3) is 49.8. The van der Waals surface area contributed by atoms with Crippen molar-refractivity contribution in [1.29, 1.82) is 0 Å². The van der Waals surface area contributed by atoms with Crippen LogP contribution in [-0.2, 0) is 28.6 Å². The van der Waals surface area contributed by atoms with Gasteiger partial charge in [0.1, 0.15) is 13.2 Å². The average Bonchev–Trinajstić information content (AvgIpc) is 3.28. The molecule has 6 nitrogen and oxygen atoms in total. The third-order valence-electron chi connectivity index (χ3n) is 13.6.